The van der Waals surface area contributed by atoms with Crippen molar-refractivity contribution in [2.45, 2.75) is 93.4 Å². The van der Waals surface area contributed by atoms with Crippen molar-refractivity contribution >= 4 is 24.1 Å². The number of carboxylic acid groups (broad SMARTS) is 1. The normalized spacial score (nSPS) is 14.7. The maximum absolute atomic E-state index is 12.7. The number of esters is 1. The van der Waals surface area contributed by atoms with Crippen LogP contribution < -0.4 is 9.93 Å². The van der Waals surface area contributed by atoms with E-state index in [-0.39, 0.29) is 25.2 Å². The highest BCUT2D eigenvalue weighted by Crippen LogP contribution is 2.36. The summed E-state index contributed by atoms with van der Waals surface area (Å²) in [6, 6.07) is 6.16. The molecular formula is C41H63N2O7+. The van der Waals surface area contributed by atoms with Gasteiger partial charge in [-0.1, -0.05) is 84.3 Å². The Morgan fingerprint density at radius 2 is 1.70 bits per heavy atom. The van der Waals surface area contributed by atoms with E-state index >= 15 is 0 Å². The average Bonchev–Trinajstić information content (AvgIpc) is 3.15. The van der Waals surface area contributed by atoms with E-state index in [0.717, 1.165) is 66.4 Å². The fourth-order valence-electron chi connectivity index (χ4n) is 5.82. The first-order valence-corrected chi connectivity index (χ1v) is 18.5. The minimum atomic E-state index is -1.04. The topological polar surface area (TPSA) is 123 Å². The van der Waals surface area contributed by atoms with E-state index in [2.05, 4.69) is 35.5 Å². The Balaban J connectivity index is 0.00000301. The second-order valence-corrected chi connectivity index (χ2v) is 11.6. The van der Waals surface area contributed by atoms with Gasteiger partial charge in [0.25, 0.3) is 0 Å². The van der Waals surface area contributed by atoms with Gasteiger partial charge in [0.2, 0.25) is 5.36 Å². The summed E-state index contributed by atoms with van der Waals surface area (Å²) in [5, 5.41) is 29.9. The fraction of sp³-hybridized carbons (Fsp3) is 0.537. The van der Waals surface area contributed by atoms with Crippen LogP contribution in [-0.4, -0.2) is 78.7 Å². The molecule has 2 aliphatic carbocycles. The lowest BCUT2D eigenvalue weighted by atomic mass is 9.83. The van der Waals surface area contributed by atoms with Gasteiger partial charge in [-0.25, -0.2) is 9.37 Å². The van der Waals surface area contributed by atoms with Crippen LogP contribution in [0.1, 0.15) is 104 Å². The predicted octanol–water partition coefficient (Wildman–Crippen LogP) is 7.16. The first-order valence-electron chi connectivity index (χ1n) is 18.5. The first kappa shape index (κ1) is 44.1. The molecule has 3 N–H and O–H groups in total. The van der Waals surface area contributed by atoms with Gasteiger partial charge in [-0.2, -0.15) is 0 Å². The number of aliphatic hydroxyl groups is 2. The number of hydrogen-bond acceptors (Lipinski definition) is 7. The number of hydrogen-bond donors (Lipinski definition) is 3. The summed E-state index contributed by atoms with van der Waals surface area (Å²) in [5.41, 5.74) is 3.92. The molecule has 0 aromatic heterocycles. The predicted molar refractivity (Wildman–Crippen MR) is 205 cm³/mol. The molecule has 0 aromatic carbocycles. The summed E-state index contributed by atoms with van der Waals surface area (Å²) >= 11 is 0. The van der Waals surface area contributed by atoms with Crippen LogP contribution in [-0.2, 0) is 20.7 Å². The second-order valence-electron chi connectivity index (χ2n) is 11.6. The largest absolute Gasteiger partial charge is 0.478 e. The summed E-state index contributed by atoms with van der Waals surface area (Å²) in [6.07, 6.45) is 16.6. The van der Waals surface area contributed by atoms with Crippen molar-refractivity contribution in [1.82, 2.24) is 9.48 Å². The molecule has 0 aromatic rings. The van der Waals surface area contributed by atoms with Crippen molar-refractivity contribution in [2.24, 2.45) is 5.92 Å². The lowest BCUT2D eigenvalue weighted by Crippen LogP contribution is -2.33. The molecule has 1 unspecified atom stereocenters. The van der Waals surface area contributed by atoms with E-state index in [9.17, 15) is 24.9 Å². The number of carbonyl (C=O) groups is 2. The molecule has 0 amide bonds. The van der Waals surface area contributed by atoms with Crippen LogP contribution in [0.2, 0.25) is 0 Å². The zero-order valence-electron chi connectivity index (χ0n) is 31.8. The Morgan fingerprint density at radius 1 is 0.980 bits per heavy atom. The van der Waals surface area contributed by atoms with E-state index in [1.54, 1.807) is 12.2 Å². The smallest absolute Gasteiger partial charge is 0.331 e. The Morgan fingerprint density at radius 3 is 2.30 bits per heavy atom. The third-order valence-electron chi connectivity index (χ3n) is 8.37. The SMILES string of the molecule is C/C=C\c1c(/C=C/N(CCO)CCCC)oc2cc(=[N+](CCO)CCCC)ccc-2c1CCC1=CC=C(C(=O)O)CC1C(=O)OC.CC.CC. The Hall–Kier alpha value is -3.95. The van der Waals surface area contributed by atoms with E-state index in [1.807, 2.05) is 65.1 Å². The van der Waals surface area contributed by atoms with Crippen LogP contribution in [0, 0.1) is 5.92 Å². The number of rotatable bonds is 18. The minimum absolute atomic E-state index is 0.0470. The van der Waals surface area contributed by atoms with Crippen LogP contribution >= 0.6 is 0 Å². The molecule has 0 radical (unpaired) electrons. The molecule has 0 saturated carbocycles. The molecular weight excluding hydrogens is 632 g/mol. The number of aliphatic hydroxyl groups excluding tert-OH is 2. The molecule has 9 heteroatoms. The average molecular weight is 696 g/mol. The molecule has 1 aliphatic heterocycles. The summed E-state index contributed by atoms with van der Waals surface area (Å²) in [6.45, 7) is 17.0. The van der Waals surface area contributed by atoms with Gasteiger partial charge in [0, 0.05) is 48.5 Å². The van der Waals surface area contributed by atoms with Crippen LogP contribution in [0.3, 0.4) is 0 Å². The van der Waals surface area contributed by atoms with Crippen LogP contribution in [0.25, 0.3) is 23.5 Å². The maximum Gasteiger partial charge on any atom is 0.331 e. The van der Waals surface area contributed by atoms with E-state index in [4.69, 9.17) is 9.15 Å². The molecule has 1 atom stereocenters. The number of allylic oxidation sites excluding steroid dienone is 3. The van der Waals surface area contributed by atoms with E-state index < -0.39 is 17.9 Å². The zero-order valence-corrected chi connectivity index (χ0v) is 31.8. The van der Waals surface area contributed by atoms with Crippen LogP contribution in [0.15, 0.2) is 58.2 Å². The van der Waals surface area contributed by atoms with Crippen LogP contribution in [0.4, 0.5) is 0 Å². The van der Waals surface area contributed by atoms with E-state index in [0.29, 0.717) is 37.5 Å². The lowest BCUT2D eigenvalue weighted by Gasteiger charge is -2.23. The van der Waals surface area contributed by atoms with Crippen molar-refractivity contribution in [3.63, 3.8) is 0 Å². The van der Waals surface area contributed by atoms with Gasteiger partial charge in [0.15, 0.2) is 6.54 Å². The Labute approximate surface area is 300 Å². The summed E-state index contributed by atoms with van der Waals surface area (Å²) in [7, 11) is 1.33. The van der Waals surface area contributed by atoms with Crippen molar-refractivity contribution in [3.05, 3.63) is 76.0 Å². The monoisotopic (exact) mass is 695 g/mol. The number of nitrogens with zero attached hydrogens (tertiary/aromatic N) is 2. The quantitative estimate of drug-likeness (QED) is 0.111. The summed E-state index contributed by atoms with van der Waals surface area (Å²) < 4.78 is 13.8. The highest BCUT2D eigenvalue weighted by Gasteiger charge is 2.30. The standard InChI is InChI=1S/C37H50N2O7.2C2H6/c1-5-8-18-38(21-23-40)20-17-34-31(10-7-3)30(15-13-27-11-12-28(36(42)43)25-33(27)37(44)45-4)32-16-14-29(26-35(32)46-34)39(22-24-41)19-9-6-2;2*1-2/h7,10-12,14,16-17,20,26,33,40-41H,5-6,8-9,13,15,18-19,21-25H2,1-4H3;2*1-2H3/p+1/b10-7-;;. The molecule has 1 heterocycles. The number of methoxy groups -OCH3 is 1. The lowest BCUT2D eigenvalue weighted by molar-refractivity contribution is -0.144. The van der Waals surface area contributed by atoms with Crippen molar-refractivity contribution in [1.29, 1.82) is 0 Å². The van der Waals surface area contributed by atoms with Gasteiger partial charge in [0.1, 0.15) is 24.7 Å². The Bertz CT molecular complexity index is 1480. The second kappa shape index (κ2) is 25.1. The molecule has 278 valence electrons. The van der Waals surface area contributed by atoms with Crippen LogP contribution in [0.5, 0.6) is 0 Å². The molecule has 0 saturated heterocycles. The third-order valence-corrected chi connectivity index (χ3v) is 8.37. The summed E-state index contributed by atoms with van der Waals surface area (Å²) in [4.78, 5) is 26.5. The number of unbranched alkanes of at least 4 members (excludes halogenated alkanes) is 2. The molecule has 0 fully saturated rings. The third kappa shape index (κ3) is 13.1. The number of aliphatic carboxylic acids is 1. The van der Waals surface area contributed by atoms with Crippen molar-refractivity contribution < 1.29 is 34.1 Å². The van der Waals surface area contributed by atoms with Gasteiger partial charge in [-0.05, 0) is 50.3 Å². The first-order chi connectivity index (χ1) is 24.3. The highest BCUT2D eigenvalue weighted by molar-refractivity contribution is 5.89. The van der Waals surface area contributed by atoms with Crippen molar-refractivity contribution in [2.75, 3.05) is 46.5 Å². The Kier molecular flexibility index (Phi) is 22.1. The molecule has 3 aliphatic rings. The highest BCUT2D eigenvalue weighted by atomic mass is 16.5. The number of fused-ring (bicyclic) bond motifs is 1. The molecule has 50 heavy (non-hydrogen) atoms. The van der Waals surface area contributed by atoms with E-state index in [1.165, 1.54) is 7.11 Å². The number of carboxylic acids is 1. The number of ether oxygens (including phenoxy) is 1. The molecule has 3 rings (SSSR count). The molecule has 0 spiro atoms. The van der Waals surface area contributed by atoms with Gasteiger partial charge in [-0.3, -0.25) is 4.79 Å². The van der Waals surface area contributed by atoms with Gasteiger partial charge < -0.3 is 29.4 Å². The van der Waals surface area contributed by atoms with Gasteiger partial charge in [-0.15, -0.1) is 0 Å². The number of carbonyl (C=O) groups excluding carboxylic acids is 1. The van der Waals surface area contributed by atoms with Gasteiger partial charge in [0.05, 0.1) is 25.7 Å². The maximum atomic E-state index is 12.7. The molecule has 9 nitrogen and oxygen atoms in total. The molecule has 0 bridgehead atoms. The van der Waals surface area contributed by atoms with Crippen molar-refractivity contribution in [3.8, 4) is 11.3 Å². The fourth-order valence-corrected chi connectivity index (χ4v) is 5.82. The zero-order chi connectivity index (χ0) is 37.5. The minimum Gasteiger partial charge on any atom is -0.478 e. The number of benzene rings is 1. The van der Waals surface area contributed by atoms with Gasteiger partial charge >= 0.3 is 11.9 Å². The summed E-state index contributed by atoms with van der Waals surface area (Å²) in [5.74, 6) is -0.758.